The van der Waals surface area contributed by atoms with E-state index in [1.54, 1.807) is 6.92 Å². The van der Waals surface area contributed by atoms with E-state index in [2.05, 4.69) is 10.0 Å². The van der Waals surface area contributed by atoms with Crippen molar-refractivity contribution in [1.29, 1.82) is 0 Å². The van der Waals surface area contributed by atoms with Gasteiger partial charge in [-0.05, 0) is 12.8 Å². The van der Waals surface area contributed by atoms with Crippen LogP contribution < -0.4 is 10.0 Å². The summed E-state index contributed by atoms with van der Waals surface area (Å²) in [5.41, 5.74) is 0. The Morgan fingerprint density at radius 2 is 1.78 bits per heavy atom. The molecule has 0 saturated carbocycles. The molecule has 0 aromatic rings. The first kappa shape index (κ1) is 16.9. The van der Waals surface area contributed by atoms with E-state index in [1.807, 2.05) is 0 Å². The van der Waals surface area contributed by atoms with Crippen LogP contribution in [0.4, 0.5) is 0 Å². The molecular weight excluding hydrogens is 260 g/mol. The van der Waals surface area contributed by atoms with Crippen LogP contribution in [0.15, 0.2) is 0 Å². The van der Waals surface area contributed by atoms with Crippen LogP contribution in [-0.2, 0) is 19.6 Å². The van der Waals surface area contributed by atoms with Gasteiger partial charge in [-0.15, -0.1) is 0 Å². The number of hydrogen-bond acceptors (Lipinski definition) is 4. The van der Waals surface area contributed by atoms with Gasteiger partial charge in [0.1, 0.15) is 0 Å². The van der Waals surface area contributed by atoms with Crippen molar-refractivity contribution >= 4 is 21.9 Å². The molecule has 0 atom stereocenters. The van der Waals surface area contributed by atoms with Crippen molar-refractivity contribution < 1.29 is 23.1 Å². The van der Waals surface area contributed by atoms with Crippen molar-refractivity contribution in [2.75, 3.05) is 18.8 Å². The molecule has 0 aliphatic heterocycles. The Kier molecular flexibility index (Phi) is 8.30. The first-order chi connectivity index (χ1) is 8.37. The second-order valence-corrected chi connectivity index (χ2v) is 5.69. The molecule has 0 heterocycles. The number of sulfonamides is 1. The van der Waals surface area contributed by atoms with Crippen LogP contribution in [0.1, 0.15) is 32.6 Å². The molecule has 18 heavy (non-hydrogen) atoms. The fraction of sp³-hybridized carbons (Fsp3) is 0.800. The highest BCUT2D eigenvalue weighted by Crippen LogP contribution is 1.99. The monoisotopic (exact) mass is 280 g/mol. The van der Waals surface area contributed by atoms with Crippen LogP contribution in [0.2, 0.25) is 0 Å². The zero-order valence-corrected chi connectivity index (χ0v) is 11.3. The molecule has 3 N–H and O–H groups in total. The Morgan fingerprint density at radius 1 is 1.17 bits per heavy atom. The summed E-state index contributed by atoms with van der Waals surface area (Å²) in [6.07, 6.45) is 1.19. The Bertz CT molecular complexity index is 366. The van der Waals surface area contributed by atoms with Gasteiger partial charge in [0.25, 0.3) is 0 Å². The van der Waals surface area contributed by atoms with Crippen molar-refractivity contribution in [1.82, 2.24) is 10.0 Å². The molecular formula is C10H20N2O5S. The van der Waals surface area contributed by atoms with Crippen LogP contribution in [0.25, 0.3) is 0 Å². The van der Waals surface area contributed by atoms with E-state index in [9.17, 15) is 18.0 Å². The number of nitrogens with one attached hydrogen (secondary N) is 2. The second kappa shape index (κ2) is 8.87. The lowest BCUT2D eigenvalue weighted by Gasteiger charge is -2.06. The van der Waals surface area contributed by atoms with Gasteiger partial charge < -0.3 is 10.4 Å². The van der Waals surface area contributed by atoms with Gasteiger partial charge in [0, 0.05) is 25.9 Å². The Labute approximate surface area is 107 Å². The Balaban J connectivity index is 3.62. The normalized spacial score (nSPS) is 11.2. The first-order valence-corrected chi connectivity index (χ1v) is 7.48. The third-order valence-electron chi connectivity index (χ3n) is 2.10. The van der Waals surface area contributed by atoms with Gasteiger partial charge in [0.05, 0.1) is 5.75 Å². The van der Waals surface area contributed by atoms with Crippen LogP contribution in [0, 0.1) is 0 Å². The minimum atomic E-state index is -3.31. The molecule has 0 aromatic carbocycles. The van der Waals surface area contributed by atoms with Crippen molar-refractivity contribution in [2.24, 2.45) is 0 Å². The zero-order chi connectivity index (χ0) is 14.0. The summed E-state index contributed by atoms with van der Waals surface area (Å²) in [5, 5.41) is 10.9. The zero-order valence-electron chi connectivity index (χ0n) is 10.4. The van der Waals surface area contributed by atoms with E-state index in [0.717, 1.165) is 0 Å². The summed E-state index contributed by atoms with van der Waals surface area (Å²) >= 11 is 0. The molecule has 0 spiro atoms. The highest BCUT2D eigenvalue weighted by Gasteiger charge is 2.09. The number of rotatable bonds is 10. The maximum atomic E-state index is 11.3. The van der Waals surface area contributed by atoms with Gasteiger partial charge in [0.15, 0.2) is 0 Å². The molecule has 8 heteroatoms. The average Bonchev–Trinajstić information content (AvgIpc) is 2.23. The molecule has 0 rings (SSSR count). The van der Waals surface area contributed by atoms with Crippen molar-refractivity contribution in [3.8, 4) is 0 Å². The molecule has 0 bridgehead atoms. The number of amides is 1. The number of carbonyl (C=O) groups is 2. The van der Waals surface area contributed by atoms with E-state index in [0.29, 0.717) is 19.4 Å². The fourth-order valence-electron chi connectivity index (χ4n) is 1.27. The van der Waals surface area contributed by atoms with Gasteiger partial charge in [0.2, 0.25) is 15.9 Å². The minimum absolute atomic E-state index is 0.0437. The molecule has 7 nitrogen and oxygen atoms in total. The van der Waals surface area contributed by atoms with Crippen molar-refractivity contribution in [3.63, 3.8) is 0 Å². The number of carboxylic acids is 1. The van der Waals surface area contributed by atoms with Crippen LogP contribution in [0.3, 0.4) is 0 Å². The van der Waals surface area contributed by atoms with E-state index in [1.165, 1.54) is 0 Å². The highest BCUT2D eigenvalue weighted by atomic mass is 32.2. The predicted octanol–water partition coefficient (Wildman–Crippen LogP) is -0.313. The lowest BCUT2D eigenvalue weighted by Crippen LogP contribution is -2.34. The van der Waals surface area contributed by atoms with Crippen LogP contribution >= 0.6 is 0 Å². The number of hydrogen-bond donors (Lipinski definition) is 3. The quantitative estimate of drug-likeness (QED) is 0.475. The Hall–Kier alpha value is -1.15. The second-order valence-electron chi connectivity index (χ2n) is 3.77. The number of aliphatic carboxylic acids is 1. The third kappa shape index (κ3) is 10.0. The molecule has 0 aromatic heterocycles. The summed E-state index contributed by atoms with van der Waals surface area (Å²) in [6.45, 7) is 2.07. The van der Waals surface area contributed by atoms with Crippen LogP contribution in [0.5, 0.6) is 0 Å². The molecule has 0 aliphatic carbocycles. The van der Waals surface area contributed by atoms with E-state index in [4.69, 9.17) is 5.11 Å². The molecule has 0 aliphatic rings. The maximum Gasteiger partial charge on any atom is 0.303 e. The SMILES string of the molecule is CCNS(=O)(=O)CCNC(=O)CCCCC(=O)O. The van der Waals surface area contributed by atoms with Crippen molar-refractivity contribution in [2.45, 2.75) is 32.6 Å². The maximum absolute atomic E-state index is 11.3. The molecule has 0 unspecified atom stereocenters. The topological polar surface area (TPSA) is 113 Å². The summed E-state index contributed by atoms with van der Waals surface area (Å²) in [6, 6.07) is 0. The largest absolute Gasteiger partial charge is 0.481 e. The predicted molar refractivity (Wildman–Crippen MR) is 66.6 cm³/mol. The van der Waals surface area contributed by atoms with Gasteiger partial charge in [-0.25, -0.2) is 13.1 Å². The highest BCUT2D eigenvalue weighted by molar-refractivity contribution is 7.89. The number of unbranched alkanes of at least 4 members (excludes halogenated alkanes) is 1. The van der Waals surface area contributed by atoms with Gasteiger partial charge in [-0.3, -0.25) is 9.59 Å². The lowest BCUT2D eigenvalue weighted by molar-refractivity contribution is -0.137. The van der Waals surface area contributed by atoms with Gasteiger partial charge >= 0.3 is 5.97 Å². The molecule has 1 amide bonds. The van der Waals surface area contributed by atoms with Gasteiger partial charge in [-0.2, -0.15) is 0 Å². The molecule has 0 fully saturated rings. The van der Waals surface area contributed by atoms with E-state index in [-0.39, 0.29) is 31.0 Å². The van der Waals surface area contributed by atoms with Crippen LogP contribution in [-0.4, -0.2) is 44.2 Å². The molecule has 106 valence electrons. The molecule has 0 saturated heterocycles. The fourth-order valence-corrected chi connectivity index (χ4v) is 2.22. The first-order valence-electron chi connectivity index (χ1n) is 5.83. The minimum Gasteiger partial charge on any atom is -0.481 e. The number of carboxylic acid groups (broad SMARTS) is 1. The lowest BCUT2D eigenvalue weighted by atomic mass is 10.2. The third-order valence-corrected chi connectivity index (χ3v) is 3.57. The summed E-state index contributed by atoms with van der Waals surface area (Å²) in [7, 11) is -3.31. The Morgan fingerprint density at radius 3 is 2.33 bits per heavy atom. The van der Waals surface area contributed by atoms with Crippen molar-refractivity contribution in [3.05, 3.63) is 0 Å². The van der Waals surface area contributed by atoms with E-state index >= 15 is 0 Å². The summed E-state index contributed by atoms with van der Waals surface area (Å²) in [5.74, 6) is -1.29. The standard InChI is InChI=1S/C10H20N2O5S/c1-2-12-18(16,17)8-7-11-9(13)5-3-4-6-10(14)15/h12H,2-8H2,1H3,(H,11,13)(H,14,15). The molecule has 0 radical (unpaired) electrons. The smallest absolute Gasteiger partial charge is 0.303 e. The van der Waals surface area contributed by atoms with Gasteiger partial charge in [-0.1, -0.05) is 6.92 Å². The number of carbonyl (C=O) groups excluding carboxylic acids is 1. The van der Waals surface area contributed by atoms with E-state index < -0.39 is 16.0 Å². The summed E-state index contributed by atoms with van der Waals surface area (Å²) in [4.78, 5) is 21.5. The summed E-state index contributed by atoms with van der Waals surface area (Å²) < 4.78 is 24.8. The average molecular weight is 280 g/mol.